The zero-order valence-corrected chi connectivity index (χ0v) is 21.5. The molecule has 2 aliphatic carbocycles. The second-order valence-corrected chi connectivity index (χ2v) is 11.2. The van der Waals surface area contributed by atoms with Crippen LogP contribution in [0.2, 0.25) is 0 Å². The van der Waals surface area contributed by atoms with Crippen molar-refractivity contribution in [2.45, 2.75) is 51.4 Å². The molecule has 1 saturated heterocycles. The Labute approximate surface area is 217 Å². The van der Waals surface area contributed by atoms with Gasteiger partial charge in [0.2, 0.25) is 5.91 Å². The SMILES string of the molecule is Cc1c(NC(=O)c2cccc(C#N)c2)cnc2c1c(C1CCN(C(=O)C3C[C@H]4CCC3C4)CC1)cn2C. The molecule has 6 rings (SSSR count). The Morgan fingerprint density at radius 2 is 1.95 bits per heavy atom. The van der Waals surface area contributed by atoms with Gasteiger partial charge in [-0.1, -0.05) is 12.5 Å². The van der Waals surface area contributed by atoms with Gasteiger partial charge in [-0.15, -0.1) is 0 Å². The first-order chi connectivity index (χ1) is 17.9. The van der Waals surface area contributed by atoms with Gasteiger partial charge in [-0.25, -0.2) is 4.98 Å². The third-order valence-corrected chi connectivity index (χ3v) is 9.08. The predicted molar refractivity (Wildman–Crippen MR) is 142 cm³/mol. The number of aryl methyl sites for hydroxylation is 2. The number of anilines is 1. The Morgan fingerprint density at radius 3 is 2.65 bits per heavy atom. The molecule has 1 aromatic carbocycles. The molecule has 3 heterocycles. The molecule has 0 spiro atoms. The van der Waals surface area contributed by atoms with Gasteiger partial charge in [0.15, 0.2) is 0 Å². The number of likely N-dealkylation sites (tertiary alicyclic amines) is 1. The zero-order chi connectivity index (χ0) is 25.7. The van der Waals surface area contributed by atoms with Crippen molar-refractivity contribution < 1.29 is 9.59 Å². The normalized spacial score (nSPS) is 23.4. The van der Waals surface area contributed by atoms with Crippen LogP contribution in [0.15, 0.2) is 36.7 Å². The van der Waals surface area contributed by atoms with Crippen LogP contribution < -0.4 is 5.32 Å². The fraction of sp³-hybridized carbons (Fsp3) is 0.467. The van der Waals surface area contributed by atoms with Crippen LogP contribution in [0.5, 0.6) is 0 Å². The molecule has 0 radical (unpaired) electrons. The summed E-state index contributed by atoms with van der Waals surface area (Å²) in [7, 11) is 2.01. The van der Waals surface area contributed by atoms with Crippen molar-refractivity contribution in [2.24, 2.45) is 24.8 Å². The quantitative estimate of drug-likeness (QED) is 0.542. The van der Waals surface area contributed by atoms with Crippen LogP contribution in [0.4, 0.5) is 5.69 Å². The highest BCUT2D eigenvalue weighted by molar-refractivity contribution is 6.06. The third-order valence-electron chi connectivity index (χ3n) is 9.08. The van der Waals surface area contributed by atoms with Crippen molar-refractivity contribution in [3.05, 3.63) is 58.9 Å². The predicted octanol–water partition coefficient (Wildman–Crippen LogP) is 5.15. The van der Waals surface area contributed by atoms with E-state index in [2.05, 4.69) is 32.0 Å². The summed E-state index contributed by atoms with van der Waals surface area (Å²) < 4.78 is 2.06. The number of hydrogen-bond donors (Lipinski definition) is 1. The van der Waals surface area contributed by atoms with Crippen molar-refractivity contribution in [1.29, 1.82) is 5.26 Å². The molecule has 2 amide bonds. The van der Waals surface area contributed by atoms with Crippen LogP contribution in [0, 0.1) is 36.0 Å². The molecule has 7 nitrogen and oxygen atoms in total. The van der Waals surface area contributed by atoms with E-state index < -0.39 is 0 Å². The molecule has 3 aromatic rings. The highest BCUT2D eigenvalue weighted by Crippen LogP contribution is 2.49. The molecule has 7 heteroatoms. The van der Waals surface area contributed by atoms with Gasteiger partial charge < -0.3 is 14.8 Å². The van der Waals surface area contributed by atoms with Gasteiger partial charge in [0.05, 0.1) is 23.5 Å². The molecule has 2 unspecified atom stereocenters. The zero-order valence-electron chi connectivity index (χ0n) is 21.5. The first-order valence-corrected chi connectivity index (χ1v) is 13.5. The number of fused-ring (bicyclic) bond motifs is 3. The molecule has 3 fully saturated rings. The lowest BCUT2D eigenvalue weighted by Crippen LogP contribution is -2.42. The number of piperidine rings is 1. The number of aromatic nitrogens is 2. The summed E-state index contributed by atoms with van der Waals surface area (Å²) in [5.41, 5.74) is 4.71. The van der Waals surface area contributed by atoms with E-state index in [0.717, 1.165) is 54.9 Å². The Kier molecular flexibility index (Phi) is 5.98. The number of nitrogens with zero attached hydrogens (tertiary/aromatic N) is 4. The molecule has 1 aliphatic heterocycles. The summed E-state index contributed by atoms with van der Waals surface area (Å²) in [6, 6.07) is 8.78. The second kappa shape index (κ2) is 9.33. The number of carbonyl (C=O) groups is 2. The van der Waals surface area contributed by atoms with E-state index in [-0.39, 0.29) is 11.8 Å². The van der Waals surface area contributed by atoms with E-state index in [1.807, 2.05) is 14.0 Å². The largest absolute Gasteiger partial charge is 0.342 e. The first-order valence-electron chi connectivity index (χ1n) is 13.5. The summed E-state index contributed by atoms with van der Waals surface area (Å²) in [5, 5.41) is 13.3. The Morgan fingerprint density at radius 1 is 1.14 bits per heavy atom. The maximum atomic E-state index is 13.3. The van der Waals surface area contributed by atoms with Gasteiger partial charge in [0.25, 0.3) is 5.91 Å². The highest BCUT2D eigenvalue weighted by Gasteiger charge is 2.44. The maximum absolute atomic E-state index is 13.3. The average Bonchev–Trinajstić information content (AvgIpc) is 3.65. The number of rotatable bonds is 4. The van der Waals surface area contributed by atoms with Crippen LogP contribution in [0.3, 0.4) is 0 Å². The molecule has 2 aromatic heterocycles. The van der Waals surface area contributed by atoms with Gasteiger partial charge in [-0.2, -0.15) is 5.26 Å². The molecule has 1 N–H and O–H groups in total. The van der Waals surface area contributed by atoms with Gasteiger partial charge in [-0.05, 0) is 86.1 Å². The number of carbonyl (C=O) groups excluding carboxylic acids is 2. The van der Waals surface area contributed by atoms with Gasteiger partial charge in [0.1, 0.15) is 5.65 Å². The van der Waals surface area contributed by atoms with E-state index in [1.165, 1.54) is 24.8 Å². The van der Waals surface area contributed by atoms with Crippen LogP contribution in [-0.2, 0) is 11.8 Å². The molecule has 3 aliphatic rings. The summed E-state index contributed by atoms with van der Waals surface area (Å²) in [5.74, 6) is 2.16. The topological polar surface area (TPSA) is 91.0 Å². The van der Waals surface area contributed by atoms with Crippen LogP contribution in [0.25, 0.3) is 11.0 Å². The van der Waals surface area contributed by atoms with E-state index in [1.54, 1.807) is 30.5 Å². The lowest BCUT2D eigenvalue weighted by Gasteiger charge is -2.35. The number of nitrogens with one attached hydrogen (secondary N) is 1. The molecule has 37 heavy (non-hydrogen) atoms. The molecule has 190 valence electrons. The van der Waals surface area contributed by atoms with Gasteiger partial charge in [0, 0.05) is 43.2 Å². The summed E-state index contributed by atoms with van der Waals surface area (Å²) in [6.07, 6.45) is 10.7. The van der Waals surface area contributed by atoms with Crippen LogP contribution in [-0.4, -0.2) is 39.4 Å². The van der Waals surface area contributed by atoms with Crippen molar-refractivity contribution in [3.63, 3.8) is 0 Å². The number of hydrogen-bond acceptors (Lipinski definition) is 4. The fourth-order valence-electron chi connectivity index (χ4n) is 7.09. The summed E-state index contributed by atoms with van der Waals surface area (Å²) in [6.45, 7) is 3.65. The maximum Gasteiger partial charge on any atom is 0.255 e. The van der Waals surface area contributed by atoms with Crippen LogP contribution in [0.1, 0.15) is 71.5 Å². The van der Waals surface area contributed by atoms with Gasteiger partial charge >= 0.3 is 0 Å². The van der Waals surface area contributed by atoms with E-state index in [9.17, 15) is 9.59 Å². The number of amides is 2. The monoisotopic (exact) mass is 495 g/mol. The summed E-state index contributed by atoms with van der Waals surface area (Å²) >= 11 is 0. The number of nitriles is 1. The van der Waals surface area contributed by atoms with Crippen molar-refractivity contribution in [3.8, 4) is 6.07 Å². The lowest BCUT2D eigenvalue weighted by atomic mass is 9.85. The highest BCUT2D eigenvalue weighted by atomic mass is 16.2. The van der Waals surface area contributed by atoms with Crippen LogP contribution >= 0.6 is 0 Å². The third kappa shape index (κ3) is 4.19. The lowest BCUT2D eigenvalue weighted by molar-refractivity contribution is -0.138. The Bertz CT molecular complexity index is 1430. The van der Waals surface area contributed by atoms with E-state index in [4.69, 9.17) is 5.26 Å². The minimum absolute atomic E-state index is 0.258. The van der Waals surface area contributed by atoms with Gasteiger partial charge in [-0.3, -0.25) is 9.59 Å². The Hall–Kier alpha value is -3.66. The van der Waals surface area contributed by atoms with Crippen molar-refractivity contribution in [1.82, 2.24) is 14.5 Å². The minimum atomic E-state index is -0.258. The van der Waals surface area contributed by atoms with Crippen molar-refractivity contribution >= 4 is 28.5 Å². The van der Waals surface area contributed by atoms with E-state index >= 15 is 0 Å². The average molecular weight is 496 g/mol. The van der Waals surface area contributed by atoms with Crippen molar-refractivity contribution in [2.75, 3.05) is 18.4 Å². The second-order valence-electron chi connectivity index (χ2n) is 11.2. The molecular formula is C30H33N5O2. The molecule has 2 bridgehead atoms. The number of benzene rings is 1. The first kappa shape index (κ1) is 23.7. The Balaban J connectivity index is 1.21. The standard InChI is InChI=1S/C30H33N5O2/c1-18-26(33-29(36)23-5-3-4-20(13-23)15-31)16-32-28-27(18)25(17-34(28)2)21-8-10-35(11-9-21)30(37)24-14-19-6-7-22(24)12-19/h3-5,13,16-17,19,21-22,24H,6-12,14H2,1-2H3,(H,33,36)/t19-,22?,24?/m0/s1. The molecular weight excluding hydrogens is 462 g/mol. The molecule has 2 saturated carbocycles. The smallest absolute Gasteiger partial charge is 0.255 e. The molecule has 3 atom stereocenters. The van der Waals surface area contributed by atoms with E-state index in [0.29, 0.717) is 34.6 Å². The fourth-order valence-corrected chi connectivity index (χ4v) is 7.09. The number of pyridine rings is 1. The minimum Gasteiger partial charge on any atom is -0.342 e. The summed E-state index contributed by atoms with van der Waals surface area (Å²) in [4.78, 5) is 33.0.